The SMILES string of the molecule is O=C(CSc1nc2sccc2c(=O)n1-c1ccccc1)NNC(=O)c1cccc([N+](=O)[O-])c1. The van der Waals surface area contributed by atoms with Crippen molar-refractivity contribution < 1.29 is 14.5 Å². The third kappa shape index (κ3) is 4.91. The van der Waals surface area contributed by atoms with Crippen molar-refractivity contribution in [2.45, 2.75) is 5.16 Å². The Morgan fingerprint density at radius 1 is 1.09 bits per heavy atom. The first-order chi connectivity index (χ1) is 15.9. The summed E-state index contributed by atoms with van der Waals surface area (Å²) in [6.45, 7) is 0. The number of fused-ring (bicyclic) bond motifs is 1. The summed E-state index contributed by atoms with van der Waals surface area (Å²) in [5.41, 5.74) is 4.65. The summed E-state index contributed by atoms with van der Waals surface area (Å²) < 4.78 is 1.44. The van der Waals surface area contributed by atoms with Gasteiger partial charge in [-0.3, -0.25) is 39.9 Å². The molecule has 0 bridgehead atoms. The molecule has 4 aromatic rings. The summed E-state index contributed by atoms with van der Waals surface area (Å²) >= 11 is 2.37. The number of nitro benzene ring substituents is 1. The molecular formula is C21H15N5O5S2. The van der Waals surface area contributed by atoms with Crippen molar-refractivity contribution >= 4 is 50.8 Å². The van der Waals surface area contributed by atoms with Crippen LogP contribution >= 0.6 is 23.1 Å². The van der Waals surface area contributed by atoms with Gasteiger partial charge in [0.1, 0.15) is 4.83 Å². The number of hydrogen-bond donors (Lipinski definition) is 2. The van der Waals surface area contributed by atoms with Crippen LogP contribution in [0.2, 0.25) is 0 Å². The van der Waals surface area contributed by atoms with Gasteiger partial charge in [-0.15, -0.1) is 11.3 Å². The number of nitro groups is 1. The predicted molar refractivity (Wildman–Crippen MR) is 125 cm³/mol. The number of hydrazine groups is 1. The zero-order valence-electron chi connectivity index (χ0n) is 16.8. The molecule has 0 radical (unpaired) electrons. The number of hydrogen-bond acceptors (Lipinski definition) is 8. The van der Waals surface area contributed by atoms with Gasteiger partial charge in [0.2, 0.25) is 5.91 Å². The Hall–Kier alpha value is -4.03. The maximum absolute atomic E-state index is 13.0. The number of thioether (sulfide) groups is 1. The molecule has 166 valence electrons. The summed E-state index contributed by atoms with van der Waals surface area (Å²) in [7, 11) is 0. The van der Waals surface area contributed by atoms with Gasteiger partial charge in [0.15, 0.2) is 5.16 Å². The Balaban J connectivity index is 1.47. The molecule has 0 atom stereocenters. The number of non-ortho nitro benzene ring substituents is 1. The van der Waals surface area contributed by atoms with Gasteiger partial charge in [0, 0.05) is 17.7 Å². The molecule has 2 aromatic heterocycles. The Bertz CT molecular complexity index is 1420. The lowest BCUT2D eigenvalue weighted by molar-refractivity contribution is -0.384. The van der Waals surface area contributed by atoms with Crippen LogP contribution in [0.4, 0.5) is 5.69 Å². The molecule has 10 nitrogen and oxygen atoms in total. The number of aromatic nitrogens is 2. The van der Waals surface area contributed by atoms with Crippen LogP contribution in [0.25, 0.3) is 15.9 Å². The minimum absolute atomic E-state index is 0.0277. The second-order valence-electron chi connectivity index (χ2n) is 6.61. The normalized spacial score (nSPS) is 10.7. The first-order valence-electron chi connectivity index (χ1n) is 9.46. The van der Waals surface area contributed by atoms with E-state index >= 15 is 0 Å². The smallest absolute Gasteiger partial charge is 0.270 e. The van der Waals surface area contributed by atoms with Crippen molar-refractivity contribution in [3.05, 3.63) is 92.1 Å². The van der Waals surface area contributed by atoms with Crippen LogP contribution in [0.15, 0.2) is 76.0 Å². The topological polar surface area (TPSA) is 136 Å². The molecule has 2 aromatic carbocycles. The molecule has 33 heavy (non-hydrogen) atoms. The van der Waals surface area contributed by atoms with E-state index in [1.807, 2.05) is 6.07 Å². The van der Waals surface area contributed by atoms with E-state index < -0.39 is 16.7 Å². The van der Waals surface area contributed by atoms with Crippen LogP contribution < -0.4 is 16.4 Å². The van der Waals surface area contributed by atoms with E-state index in [0.717, 1.165) is 17.8 Å². The summed E-state index contributed by atoms with van der Waals surface area (Å²) in [6, 6.07) is 15.8. The van der Waals surface area contributed by atoms with Gasteiger partial charge in [0.25, 0.3) is 17.2 Å². The molecule has 0 saturated carbocycles. The fraction of sp³-hybridized carbons (Fsp3) is 0.0476. The monoisotopic (exact) mass is 481 g/mol. The predicted octanol–water partition coefficient (Wildman–Crippen LogP) is 2.91. The quantitative estimate of drug-likeness (QED) is 0.187. The van der Waals surface area contributed by atoms with Gasteiger partial charge in [-0.2, -0.15) is 0 Å². The number of amides is 2. The maximum atomic E-state index is 13.0. The van der Waals surface area contributed by atoms with Gasteiger partial charge in [-0.1, -0.05) is 36.0 Å². The number of thiophene rings is 1. The second kappa shape index (κ2) is 9.63. The van der Waals surface area contributed by atoms with Crippen molar-refractivity contribution in [3.8, 4) is 5.69 Å². The molecule has 2 heterocycles. The fourth-order valence-corrected chi connectivity index (χ4v) is 4.54. The lowest BCUT2D eigenvalue weighted by Crippen LogP contribution is -2.42. The second-order valence-corrected chi connectivity index (χ2v) is 8.45. The molecule has 12 heteroatoms. The highest BCUT2D eigenvalue weighted by Gasteiger charge is 2.16. The third-order valence-electron chi connectivity index (χ3n) is 4.45. The minimum atomic E-state index is -0.698. The zero-order chi connectivity index (χ0) is 23.4. The molecule has 0 aliphatic heterocycles. The number of benzene rings is 2. The highest BCUT2D eigenvalue weighted by Crippen LogP contribution is 2.23. The first kappa shape index (κ1) is 22.2. The van der Waals surface area contributed by atoms with E-state index in [1.165, 1.54) is 34.1 Å². The van der Waals surface area contributed by atoms with Gasteiger partial charge in [-0.05, 0) is 29.6 Å². The van der Waals surface area contributed by atoms with E-state index in [-0.39, 0.29) is 22.6 Å². The summed E-state index contributed by atoms with van der Waals surface area (Å²) in [6.07, 6.45) is 0. The Labute approximate surface area is 194 Å². The summed E-state index contributed by atoms with van der Waals surface area (Å²) in [4.78, 5) is 52.8. The molecule has 0 aliphatic carbocycles. The number of para-hydroxylation sites is 1. The molecule has 2 amide bonds. The number of nitrogens with zero attached hydrogens (tertiary/aromatic N) is 3. The van der Waals surface area contributed by atoms with E-state index in [9.17, 15) is 24.5 Å². The van der Waals surface area contributed by atoms with E-state index in [1.54, 1.807) is 35.7 Å². The van der Waals surface area contributed by atoms with Gasteiger partial charge in [-0.25, -0.2) is 4.98 Å². The van der Waals surface area contributed by atoms with Crippen molar-refractivity contribution in [2.24, 2.45) is 0 Å². The molecule has 0 unspecified atom stereocenters. The van der Waals surface area contributed by atoms with Crippen molar-refractivity contribution in [1.82, 2.24) is 20.4 Å². The third-order valence-corrected chi connectivity index (χ3v) is 6.19. The number of rotatable bonds is 6. The Morgan fingerprint density at radius 2 is 1.88 bits per heavy atom. The van der Waals surface area contributed by atoms with Crippen molar-refractivity contribution in [1.29, 1.82) is 0 Å². The van der Waals surface area contributed by atoms with Crippen LogP contribution in [-0.2, 0) is 4.79 Å². The lowest BCUT2D eigenvalue weighted by atomic mass is 10.2. The first-order valence-corrected chi connectivity index (χ1v) is 11.3. The number of carbonyl (C=O) groups is 2. The molecule has 0 fully saturated rings. The van der Waals surface area contributed by atoms with Crippen molar-refractivity contribution in [3.63, 3.8) is 0 Å². The highest BCUT2D eigenvalue weighted by atomic mass is 32.2. The maximum Gasteiger partial charge on any atom is 0.270 e. The number of carbonyl (C=O) groups excluding carboxylic acids is 2. The van der Waals surface area contributed by atoms with E-state index in [4.69, 9.17) is 0 Å². The van der Waals surface area contributed by atoms with E-state index in [0.29, 0.717) is 21.1 Å². The standard InChI is InChI=1S/C21H15N5O5S2/c27-17(23-24-18(28)13-5-4-8-15(11-13)26(30)31)12-33-21-22-19-16(9-10-32-19)20(29)25(21)14-6-2-1-3-7-14/h1-11H,12H2,(H,23,27)(H,24,28). The fourth-order valence-electron chi connectivity index (χ4n) is 2.92. The molecule has 0 aliphatic rings. The molecule has 2 N–H and O–H groups in total. The lowest BCUT2D eigenvalue weighted by Gasteiger charge is -2.12. The zero-order valence-corrected chi connectivity index (χ0v) is 18.4. The van der Waals surface area contributed by atoms with Crippen molar-refractivity contribution in [2.75, 3.05) is 5.75 Å². The molecule has 0 spiro atoms. The molecule has 0 saturated heterocycles. The van der Waals surface area contributed by atoms with Gasteiger partial charge in [0.05, 0.1) is 21.7 Å². The average molecular weight is 482 g/mol. The van der Waals surface area contributed by atoms with Crippen LogP contribution in [0.1, 0.15) is 10.4 Å². The van der Waals surface area contributed by atoms with Crippen LogP contribution in [-0.4, -0.2) is 32.0 Å². The number of nitrogens with one attached hydrogen (secondary N) is 2. The highest BCUT2D eigenvalue weighted by molar-refractivity contribution is 7.99. The van der Waals surface area contributed by atoms with Crippen LogP contribution in [0.3, 0.4) is 0 Å². The van der Waals surface area contributed by atoms with Crippen LogP contribution in [0.5, 0.6) is 0 Å². The summed E-state index contributed by atoms with van der Waals surface area (Å²) in [5, 5.41) is 13.5. The van der Waals surface area contributed by atoms with E-state index in [2.05, 4.69) is 15.8 Å². The average Bonchev–Trinajstić information content (AvgIpc) is 3.31. The summed E-state index contributed by atoms with van der Waals surface area (Å²) in [5.74, 6) is -1.37. The Kier molecular flexibility index (Phi) is 6.47. The molecular weight excluding hydrogens is 466 g/mol. The molecule has 4 rings (SSSR count). The minimum Gasteiger partial charge on any atom is -0.272 e. The largest absolute Gasteiger partial charge is 0.272 e. The van der Waals surface area contributed by atoms with Gasteiger partial charge < -0.3 is 0 Å². The Morgan fingerprint density at radius 3 is 2.64 bits per heavy atom. The van der Waals surface area contributed by atoms with Crippen LogP contribution in [0, 0.1) is 10.1 Å². The van der Waals surface area contributed by atoms with Gasteiger partial charge >= 0.3 is 0 Å².